The van der Waals surface area contributed by atoms with E-state index in [4.69, 9.17) is 9.26 Å². The predicted molar refractivity (Wildman–Crippen MR) is 80.9 cm³/mol. The number of anilines is 1. The molecule has 2 aliphatic rings. The lowest BCUT2D eigenvalue weighted by molar-refractivity contribution is -0.115. The zero-order valence-corrected chi connectivity index (χ0v) is 12.6. The van der Waals surface area contributed by atoms with E-state index < -0.39 is 0 Å². The van der Waals surface area contributed by atoms with Crippen LogP contribution in [0.5, 0.6) is 0 Å². The lowest BCUT2D eigenvalue weighted by atomic mass is 10.1. The van der Waals surface area contributed by atoms with E-state index in [0.29, 0.717) is 24.7 Å². The smallest absolute Gasteiger partial charge is 0.238 e. The Kier molecular flexibility index (Phi) is 3.59. The first-order valence-electron chi connectivity index (χ1n) is 7.26. The van der Waals surface area contributed by atoms with E-state index >= 15 is 0 Å². The minimum atomic E-state index is -0.247. The molecule has 0 spiro atoms. The van der Waals surface area contributed by atoms with Gasteiger partial charge >= 0.3 is 0 Å². The first-order valence-corrected chi connectivity index (χ1v) is 8.14. The van der Waals surface area contributed by atoms with Crippen molar-refractivity contribution in [2.24, 2.45) is 0 Å². The summed E-state index contributed by atoms with van der Waals surface area (Å²) >= 11 is 1.54. The molecule has 1 amide bonds. The standard InChI is InChI=1S/C15H15N3O3S/c19-15-12(22-11-4-2-1-3-10(11)16-15)7-13-17-14(18-21-13)9-5-6-20-8-9/h1-4,9,12H,5-8H2,(H,16,19). The first kappa shape index (κ1) is 13.8. The van der Waals surface area contributed by atoms with E-state index in [9.17, 15) is 4.79 Å². The molecule has 22 heavy (non-hydrogen) atoms. The summed E-state index contributed by atoms with van der Waals surface area (Å²) in [5.74, 6) is 1.39. The molecule has 7 heteroatoms. The van der Waals surface area contributed by atoms with Crippen molar-refractivity contribution < 1.29 is 14.1 Å². The molecule has 6 nitrogen and oxygen atoms in total. The number of hydrogen-bond donors (Lipinski definition) is 1. The topological polar surface area (TPSA) is 77.2 Å². The number of thioether (sulfide) groups is 1. The number of hydrogen-bond acceptors (Lipinski definition) is 6. The summed E-state index contributed by atoms with van der Waals surface area (Å²) < 4.78 is 10.6. The Hall–Kier alpha value is -1.86. The zero-order valence-electron chi connectivity index (χ0n) is 11.8. The van der Waals surface area contributed by atoms with Crippen LogP contribution in [-0.4, -0.2) is 34.5 Å². The van der Waals surface area contributed by atoms with Gasteiger partial charge in [-0.2, -0.15) is 4.98 Å². The highest BCUT2D eigenvalue weighted by molar-refractivity contribution is 8.01. The zero-order chi connectivity index (χ0) is 14.9. The van der Waals surface area contributed by atoms with Crippen LogP contribution in [0.4, 0.5) is 5.69 Å². The molecule has 2 unspecified atom stereocenters. The number of aromatic nitrogens is 2. The maximum Gasteiger partial charge on any atom is 0.238 e. The van der Waals surface area contributed by atoms with Crippen molar-refractivity contribution in [3.8, 4) is 0 Å². The minimum Gasteiger partial charge on any atom is -0.381 e. The van der Waals surface area contributed by atoms with Gasteiger partial charge in [-0.1, -0.05) is 17.3 Å². The molecular weight excluding hydrogens is 302 g/mol. The van der Waals surface area contributed by atoms with Crippen molar-refractivity contribution in [1.29, 1.82) is 0 Å². The maximum atomic E-state index is 12.2. The lowest BCUT2D eigenvalue weighted by Crippen LogP contribution is -2.30. The van der Waals surface area contributed by atoms with Gasteiger partial charge in [0.1, 0.15) is 0 Å². The van der Waals surface area contributed by atoms with Crippen molar-refractivity contribution >= 4 is 23.4 Å². The fourth-order valence-corrected chi connectivity index (χ4v) is 3.74. The van der Waals surface area contributed by atoms with Crippen LogP contribution < -0.4 is 5.32 Å². The molecule has 1 aromatic heterocycles. The van der Waals surface area contributed by atoms with Crippen LogP contribution >= 0.6 is 11.8 Å². The number of para-hydroxylation sites is 1. The first-order chi connectivity index (χ1) is 10.8. The van der Waals surface area contributed by atoms with Gasteiger partial charge in [-0.3, -0.25) is 4.79 Å². The van der Waals surface area contributed by atoms with Gasteiger partial charge in [-0.15, -0.1) is 11.8 Å². The van der Waals surface area contributed by atoms with E-state index in [0.717, 1.165) is 23.6 Å². The van der Waals surface area contributed by atoms with Gasteiger partial charge < -0.3 is 14.6 Å². The summed E-state index contributed by atoms with van der Waals surface area (Å²) in [7, 11) is 0. The van der Waals surface area contributed by atoms with E-state index in [1.165, 1.54) is 11.8 Å². The third-order valence-corrected chi connectivity index (χ3v) is 5.12. The quantitative estimate of drug-likeness (QED) is 0.935. The molecule has 2 aliphatic heterocycles. The van der Waals surface area contributed by atoms with Crippen LogP contribution in [0.3, 0.4) is 0 Å². The van der Waals surface area contributed by atoms with Gasteiger partial charge in [0.25, 0.3) is 0 Å². The van der Waals surface area contributed by atoms with Gasteiger partial charge in [0.15, 0.2) is 5.82 Å². The van der Waals surface area contributed by atoms with Crippen molar-refractivity contribution in [2.45, 2.75) is 28.9 Å². The highest BCUT2D eigenvalue weighted by Crippen LogP contribution is 2.36. The second kappa shape index (κ2) is 5.73. The summed E-state index contributed by atoms with van der Waals surface area (Å²) in [6, 6.07) is 7.78. The number of benzene rings is 1. The predicted octanol–water partition coefficient (Wildman–Crippen LogP) is 2.23. The van der Waals surface area contributed by atoms with Crippen LogP contribution in [-0.2, 0) is 16.0 Å². The van der Waals surface area contributed by atoms with Gasteiger partial charge in [-0.25, -0.2) is 0 Å². The number of rotatable bonds is 3. The van der Waals surface area contributed by atoms with Crippen LogP contribution in [0.2, 0.25) is 0 Å². The van der Waals surface area contributed by atoms with Crippen molar-refractivity contribution in [2.75, 3.05) is 18.5 Å². The third-order valence-electron chi connectivity index (χ3n) is 3.85. The highest BCUT2D eigenvalue weighted by atomic mass is 32.2. The third kappa shape index (κ3) is 2.62. The van der Waals surface area contributed by atoms with Gasteiger partial charge in [0.05, 0.1) is 17.5 Å². The van der Waals surface area contributed by atoms with Gasteiger partial charge in [0, 0.05) is 23.8 Å². The SMILES string of the molecule is O=C1Nc2ccccc2SC1Cc1nc(C2CCOC2)no1. The van der Waals surface area contributed by atoms with Crippen LogP contribution in [0, 0.1) is 0 Å². The van der Waals surface area contributed by atoms with Crippen LogP contribution in [0.1, 0.15) is 24.1 Å². The number of fused-ring (bicyclic) bond motifs is 1. The number of nitrogens with one attached hydrogen (secondary N) is 1. The molecule has 0 aliphatic carbocycles. The summed E-state index contributed by atoms with van der Waals surface area (Å²) in [6.07, 6.45) is 1.36. The Bertz CT molecular complexity index is 697. The largest absolute Gasteiger partial charge is 0.381 e. The van der Waals surface area contributed by atoms with Crippen molar-refractivity contribution in [3.63, 3.8) is 0 Å². The Morgan fingerprint density at radius 2 is 2.27 bits per heavy atom. The van der Waals surface area contributed by atoms with Crippen LogP contribution in [0.25, 0.3) is 0 Å². The second-order valence-corrected chi connectivity index (χ2v) is 6.65. The molecule has 0 bridgehead atoms. The number of carbonyl (C=O) groups excluding carboxylic acids is 1. The number of nitrogens with zero attached hydrogens (tertiary/aromatic N) is 2. The second-order valence-electron chi connectivity index (χ2n) is 5.40. The van der Waals surface area contributed by atoms with Gasteiger partial charge in [0.2, 0.25) is 11.8 Å². The Labute approximate surface area is 131 Å². The molecule has 4 rings (SSSR count). The maximum absolute atomic E-state index is 12.2. The molecule has 2 atom stereocenters. The van der Waals surface area contributed by atoms with E-state index in [1.807, 2.05) is 24.3 Å². The summed E-state index contributed by atoms with van der Waals surface area (Å²) in [6.45, 7) is 1.39. The molecule has 114 valence electrons. The molecular formula is C15H15N3O3S. The lowest BCUT2D eigenvalue weighted by Gasteiger charge is -2.22. The average molecular weight is 317 g/mol. The summed E-state index contributed by atoms with van der Waals surface area (Å²) in [5, 5.41) is 6.70. The molecule has 1 saturated heterocycles. The molecule has 0 saturated carbocycles. The number of amides is 1. The normalized spacial score (nSPS) is 24.1. The Balaban J connectivity index is 1.48. The summed E-state index contributed by atoms with van der Waals surface area (Å²) in [4.78, 5) is 17.7. The Morgan fingerprint density at radius 3 is 3.14 bits per heavy atom. The van der Waals surface area contributed by atoms with E-state index in [1.54, 1.807) is 0 Å². The van der Waals surface area contributed by atoms with Gasteiger partial charge in [-0.05, 0) is 18.6 Å². The highest BCUT2D eigenvalue weighted by Gasteiger charge is 2.30. The summed E-state index contributed by atoms with van der Waals surface area (Å²) in [5.41, 5.74) is 0.864. The average Bonchev–Trinajstić information content (AvgIpc) is 3.18. The monoisotopic (exact) mass is 317 g/mol. The minimum absolute atomic E-state index is 0.0207. The molecule has 1 aromatic carbocycles. The molecule has 1 fully saturated rings. The van der Waals surface area contributed by atoms with Crippen LogP contribution in [0.15, 0.2) is 33.7 Å². The molecule has 0 radical (unpaired) electrons. The molecule has 3 heterocycles. The number of carbonyl (C=O) groups is 1. The fourth-order valence-electron chi connectivity index (χ4n) is 2.64. The fraction of sp³-hybridized carbons (Fsp3) is 0.400. The van der Waals surface area contributed by atoms with Crippen molar-refractivity contribution in [1.82, 2.24) is 10.1 Å². The molecule has 2 aromatic rings. The van der Waals surface area contributed by atoms with Crippen molar-refractivity contribution in [3.05, 3.63) is 36.0 Å². The van der Waals surface area contributed by atoms with E-state index in [-0.39, 0.29) is 17.1 Å². The Morgan fingerprint density at radius 1 is 1.36 bits per heavy atom. The van der Waals surface area contributed by atoms with E-state index in [2.05, 4.69) is 15.5 Å². The molecule has 1 N–H and O–H groups in total. The number of ether oxygens (including phenoxy) is 1.